The lowest BCUT2D eigenvalue weighted by Crippen LogP contribution is -2.34. The van der Waals surface area contributed by atoms with Crippen LogP contribution in [0.5, 0.6) is 0 Å². The van der Waals surface area contributed by atoms with Gasteiger partial charge in [0.05, 0.1) is 11.0 Å². The van der Waals surface area contributed by atoms with Crippen LogP contribution >= 0.6 is 15.9 Å². The molecule has 0 radical (unpaired) electrons. The molecular formula is C12H9BrF2N2O3. The minimum Gasteiger partial charge on any atom is -0.477 e. The smallest absolute Gasteiger partial charge is 0.352 e. The third kappa shape index (κ3) is 2.84. The number of amides is 1. The lowest BCUT2D eigenvalue weighted by molar-refractivity contribution is -0.133. The molecular weight excluding hydrogens is 338 g/mol. The number of hydrogen-bond acceptors (Lipinski definition) is 3. The van der Waals surface area contributed by atoms with Gasteiger partial charge in [-0.05, 0) is 28.1 Å². The van der Waals surface area contributed by atoms with E-state index >= 15 is 0 Å². The summed E-state index contributed by atoms with van der Waals surface area (Å²) in [6.07, 6.45) is -0.0451. The maximum atomic E-state index is 13.8. The Morgan fingerprint density at radius 1 is 1.40 bits per heavy atom. The molecule has 1 N–H and O–H groups in total. The first-order valence-electron chi connectivity index (χ1n) is 5.63. The number of carboxylic acids is 1. The second-order valence-electron chi connectivity index (χ2n) is 4.12. The van der Waals surface area contributed by atoms with Crippen LogP contribution in [-0.4, -0.2) is 27.7 Å². The van der Waals surface area contributed by atoms with Crippen LogP contribution in [0.2, 0.25) is 0 Å². The molecule has 1 aromatic carbocycles. The number of carboxylic acid groups (broad SMARTS) is 1. The standard InChI is InChI=1S/C12H9BrF2N2O3/c13-7-1-2-8(14)6(11(7)15)5-17-10(18)4-3-9(16-17)12(19)20/h1-2H,3-5H2,(H,19,20). The molecule has 1 heterocycles. The van der Waals surface area contributed by atoms with Crippen LogP contribution in [-0.2, 0) is 16.1 Å². The van der Waals surface area contributed by atoms with Crippen molar-refractivity contribution < 1.29 is 23.5 Å². The van der Waals surface area contributed by atoms with Gasteiger partial charge >= 0.3 is 5.97 Å². The summed E-state index contributed by atoms with van der Waals surface area (Å²) < 4.78 is 27.5. The van der Waals surface area contributed by atoms with E-state index in [1.807, 2.05) is 0 Å². The van der Waals surface area contributed by atoms with Gasteiger partial charge in [-0.15, -0.1) is 0 Å². The van der Waals surface area contributed by atoms with Gasteiger partial charge in [-0.3, -0.25) is 4.79 Å². The van der Waals surface area contributed by atoms with Gasteiger partial charge < -0.3 is 5.11 Å². The number of halogens is 3. The van der Waals surface area contributed by atoms with Crippen molar-refractivity contribution in [3.63, 3.8) is 0 Å². The molecule has 1 aliphatic rings. The molecule has 0 bridgehead atoms. The van der Waals surface area contributed by atoms with E-state index in [4.69, 9.17) is 5.11 Å². The molecule has 0 saturated carbocycles. The van der Waals surface area contributed by atoms with E-state index in [0.29, 0.717) is 0 Å². The predicted molar refractivity (Wildman–Crippen MR) is 68.9 cm³/mol. The average Bonchev–Trinajstić information content (AvgIpc) is 2.41. The summed E-state index contributed by atoms with van der Waals surface area (Å²) in [5.41, 5.74) is -0.552. The number of benzene rings is 1. The topological polar surface area (TPSA) is 70.0 Å². The van der Waals surface area contributed by atoms with Gasteiger partial charge in [0.2, 0.25) is 5.91 Å². The van der Waals surface area contributed by atoms with Gasteiger partial charge in [0.1, 0.15) is 17.3 Å². The lowest BCUT2D eigenvalue weighted by Gasteiger charge is -2.22. The molecule has 8 heteroatoms. The van der Waals surface area contributed by atoms with Gasteiger partial charge in [-0.2, -0.15) is 5.10 Å². The van der Waals surface area contributed by atoms with Crippen molar-refractivity contribution in [1.82, 2.24) is 5.01 Å². The highest BCUT2D eigenvalue weighted by Gasteiger charge is 2.26. The predicted octanol–water partition coefficient (Wildman–Crippen LogP) is 2.29. The van der Waals surface area contributed by atoms with Crippen LogP contribution < -0.4 is 0 Å². The largest absolute Gasteiger partial charge is 0.477 e. The molecule has 0 unspecified atom stereocenters. The molecule has 1 amide bonds. The number of rotatable bonds is 3. The van der Waals surface area contributed by atoms with E-state index in [0.717, 1.165) is 11.1 Å². The Labute approximate surface area is 121 Å². The molecule has 0 saturated heterocycles. The van der Waals surface area contributed by atoms with Crippen molar-refractivity contribution in [2.75, 3.05) is 0 Å². The molecule has 0 spiro atoms. The van der Waals surface area contributed by atoms with E-state index < -0.39 is 30.1 Å². The molecule has 2 rings (SSSR count). The average molecular weight is 347 g/mol. The molecule has 0 aliphatic carbocycles. The van der Waals surface area contributed by atoms with E-state index in [2.05, 4.69) is 21.0 Å². The number of carbonyl (C=O) groups is 2. The molecule has 0 atom stereocenters. The molecule has 106 valence electrons. The van der Waals surface area contributed by atoms with Crippen LogP contribution in [0, 0.1) is 11.6 Å². The molecule has 5 nitrogen and oxygen atoms in total. The summed E-state index contributed by atoms with van der Waals surface area (Å²) >= 11 is 2.92. The maximum Gasteiger partial charge on any atom is 0.352 e. The fraction of sp³-hybridized carbons (Fsp3) is 0.250. The normalized spacial score (nSPS) is 15.2. The molecule has 1 aliphatic heterocycles. The summed E-state index contributed by atoms with van der Waals surface area (Å²) in [6, 6.07) is 2.26. The molecule has 0 aromatic heterocycles. The second kappa shape index (κ2) is 5.66. The second-order valence-corrected chi connectivity index (χ2v) is 4.98. The zero-order valence-electron chi connectivity index (χ0n) is 10.1. The van der Waals surface area contributed by atoms with Crippen LogP contribution in [0.4, 0.5) is 8.78 Å². The van der Waals surface area contributed by atoms with Gasteiger partial charge in [-0.25, -0.2) is 18.6 Å². The van der Waals surface area contributed by atoms with Gasteiger partial charge in [0.15, 0.2) is 0 Å². The fourth-order valence-corrected chi connectivity index (χ4v) is 2.11. The SMILES string of the molecule is O=C(O)C1=NN(Cc2c(F)ccc(Br)c2F)C(=O)CC1. The summed E-state index contributed by atoms with van der Waals surface area (Å²) in [5.74, 6) is -3.39. The Balaban J connectivity index is 2.33. The van der Waals surface area contributed by atoms with Crippen molar-refractivity contribution in [1.29, 1.82) is 0 Å². The van der Waals surface area contributed by atoms with Crippen LogP contribution in [0.1, 0.15) is 18.4 Å². The third-order valence-electron chi connectivity index (χ3n) is 2.80. The Kier molecular flexibility index (Phi) is 4.12. The van der Waals surface area contributed by atoms with Gasteiger partial charge in [-0.1, -0.05) is 0 Å². The zero-order valence-corrected chi connectivity index (χ0v) is 11.7. The first-order valence-corrected chi connectivity index (χ1v) is 6.43. The Morgan fingerprint density at radius 3 is 2.75 bits per heavy atom. The van der Waals surface area contributed by atoms with Crippen LogP contribution in [0.15, 0.2) is 21.7 Å². The quantitative estimate of drug-likeness (QED) is 0.853. The fourth-order valence-electron chi connectivity index (χ4n) is 1.74. The number of carbonyl (C=O) groups excluding carboxylic acids is 1. The summed E-state index contributed by atoms with van der Waals surface area (Å²) in [4.78, 5) is 22.5. The highest BCUT2D eigenvalue weighted by Crippen LogP contribution is 2.24. The summed E-state index contributed by atoms with van der Waals surface area (Å²) in [5, 5.41) is 13.2. The highest BCUT2D eigenvalue weighted by molar-refractivity contribution is 9.10. The minimum atomic E-state index is -1.25. The van der Waals surface area contributed by atoms with Crippen molar-refractivity contribution in [3.8, 4) is 0 Å². The van der Waals surface area contributed by atoms with Crippen molar-refractivity contribution in [3.05, 3.63) is 33.8 Å². The first-order chi connectivity index (χ1) is 9.40. The van der Waals surface area contributed by atoms with E-state index in [1.165, 1.54) is 6.07 Å². The summed E-state index contributed by atoms with van der Waals surface area (Å²) in [7, 11) is 0. The van der Waals surface area contributed by atoms with Crippen molar-refractivity contribution in [2.45, 2.75) is 19.4 Å². The third-order valence-corrected chi connectivity index (χ3v) is 3.41. The number of hydrogen-bond donors (Lipinski definition) is 1. The van der Waals surface area contributed by atoms with E-state index in [-0.39, 0.29) is 28.6 Å². The Morgan fingerprint density at radius 2 is 2.10 bits per heavy atom. The van der Waals surface area contributed by atoms with Gasteiger partial charge in [0, 0.05) is 18.4 Å². The summed E-state index contributed by atoms with van der Waals surface area (Å²) in [6.45, 7) is -0.452. The molecule has 0 fully saturated rings. The zero-order chi connectivity index (χ0) is 14.9. The van der Waals surface area contributed by atoms with Crippen LogP contribution in [0.3, 0.4) is 0 Å². The van der Waals surface area contributed by atoms with E-state index in [1.54, 1.807) is 0 Å². The highest BCUT2D eigenvalue weighted by atomic mass is 79.9. The first kappa shape index (κ1) is 14.6. The minimum absolute atomic E-state index is 0.00805. The van der Waals surface area contributed by atoms with Gasteiger partial charge in [0.25, 0.3) is 0 Å². The Bertz CT molecular complexity index is 619. The lowest BCUT2D eigenvalue weighted by atomic mass is 10.1. The maximum absolute atomic E-state index is 13.8. The molecule has 20 heavy (non-hydrogen) atoms. The van der Waals surface area contributed by atoms with Crippen molar-refractivity contribution >= 4 is 33.5 Å². The van der Waals surface area contributed by atoms with Crippen molar-refractivity contribution in [2.24, 2.45) is 5.10 Å². The number of aliphatic carboxylic acids is 1. The van der Waals surface area contributed by atoms with E-state index in [9.17, 15) is 18.4 Å². The van der Waals surface area contributed by atoms with Crippen LogP contribution in [0.25, 0.3) is 0 Å². The molecule has 1 aromatic rings. The number of hydrazone groups is 1. The Hall–Kier alpha value is -1.83. The monoisotopic (exact) mass is 346 g/mol. The number of nitrogens with zero attached hydrogens (tertiary/aromatic N) is 2.